The molecule has 41 heavy (non-hydrogen) atoms. The molecule has 2 amide bonds. The van der Waals surface area contributed by atoms with Crippen molar-refractivity contribution in [3.05, 3.63) is 108 Å². The monoisotopic (exact) mass is 558 g/mol. The van der Waals surface area contributed by atoms with Gasteiger partial charge in [0.15, 0.2) is 0 Å². The van der Waals surface area contributed by atoms with Crippen molar-refractivity contribution in [2.45, 2.75) is 91.4 Å². The van der Waals surface area contributed by atoms with Crippen molar-refractivity contribution >= 4 is 11.8 Å². The molecule has 0 saturated carbocycles. The van der Waals surface area contributed by atoms with Gasteiger partial charge in [0.25, 0.3) is 0 Å². The number of nitrogens with one attached hydrogen (secondary N) is 2. The highest BCUT2D eigenvalue weighted by molar-refractivity contribution is 5.83. The fourth-order valence-electron chi connectivity index (χ4n) is 4.05. The standard InChI is InChI=1S/C37H54N2O2/c1-5-6-7-8-9-10-11-12-13-14-15-16-17-18-19-20-21-22-23-24-36(40)38-29-30-39-37(41)33(4)35-27-25-34(26-28-35)31-32(2)3/h6-7,9-10,12-13,15-16,18-19,21-22,25-28,32-33H,5,8,11,14,17,20,23-24,29-31H2,1-4H3,(H,38,40)(H,39,41). The van der Waals surface area contributed by atoms with E-state index in [1.807, 2.05) is 19.1 Å². The maximum absolute atomic E-state index is 12.5. The third-order valence-electron chi connectivity index (χ3n) is 6.40. The Morgan fingerprint density at radius 3 is 1.61 bits per heavy atom. The first-order chi connectivity index (χ1) is 19.9. The van der Waals surface area contributed by atoms with E-state index in [0.29, 0.717) is 31.8 Å². The molecule has 0 fully saturated rings. The lowest BCUT2D eigenvalue weighted by atomic mass is 9.96. The number of hydrogen-bond donors (Lipinski definition) is 2. The second-order valence-electron chi connectivity index (χ2n) is 10.7. The first kappa shape index (κ1) is 35.6. The van der Waals surface area contributed by atoms with Crippen LogP contribution in [0.4, 0.5) is 0 Å². The summed E-state index contributed by atoms with van der Waals surface area (Å²) in [6.07, 6.45) is 34.2. The number of hydrogen-bond acceptors (Lipinski definition) is 2. The minimum Gasteiger partial charge on any atom is -0.354 e. The molecule has 0 heterocycles. The van der Waals surface area contributed by atoms with Crippen molar-refractivity contribution in [3.8, 4) is 0 Å². The molecule has 1 aromatic rings. The van der Waals surface area contributed by atoms with E-state index in [1.54, 1.807) is 0 Å². The molecule has 0 spiro atoms. The van der Waals surface area contributed by atoms with Crippen LogP contribution in [0.2, 0.25) is 0 Å². The fraction of sp³-hybridized carbons (Fsp3) is 0.459. The Bertz CT molecular complexity index is 1010. The van der Waals surface area contributed by atoms with Crippen LogP contribution in [0.5, 0.6) is 0 Å². The molecule has 0 aliphatic rings. The predicted octanol–water partition coefficient (Wildman–Crippen LogP) is 8.70. The van der Waals surface area contributed by atoms with Gasteiger partial charge in [-0.1, -0.05) is 118 Å². The minimum atomic E-state index is -0.216. The lowest BCUT2D eigenvalue weighted by Gasteiger charge is -2.14. The van der Waals surface area contributed by atoms with E-state index in [4.69, 9.17) is 0 Å². The van der Waals surface area contributed by atoms with Gasteiger partial charge in [0.1, 0.15) is 0 Å². The van der Waals surface area contributed by atoms with Crippen LogP contribution in [0.1, 0.15) is 96.1 Å². The van der Waals surface area contributed by atoms with Gasteiger partial charge in [-0.15, -0.1) is 0 Å². The number of carbonyl (C=O) groups is 2. The van der Waals surface area contributed by atoms with Crippen molar-refractivity contribution in [3.63, 3.8) is 0 Å². The van der Waals surface area contributed by atoms with Crippen molar-refractivity contribution in [1.29, 1.82) is 0 Å². The Labute approximate surface area is 250 Å². The van der Waals surface area contributed by atoms with Gasteiger partial charge in [0.05, 0.1) is 5.92 Å². The SMILES string of the molecule is CCC=CCC=CCC=CCC=CCC=CCC=CCCC(=O)NCCNC(=O)C(C)c1ccc(CC(C)C)cc1. The van der Waals surface area contributed by atoms with Crippen LogP contribution >= 0.6 is 0 Å². The number of benzene rings is 1. The summed E-state index contributed by atoms with van der Waals surface area (Å²) in [7, 11) is 0. The zero-order chi connectivity index (χ0) is 30.0. The van der Waals surface area contributed by atoms with Gasteiger partial charge < -0.3 is 10.6 Å². The summed E-state index contributed by atoms with van der Waals surface area (Å²) in [5.74, 6) is 0.385. The van der Waals surface area contributed by atoms with Crippen molar-refractivity contribution < 1.29 is 9.59 Å². The minimum absolute atomic E-state index is 0.00701. The van der Waals surface area contributed by atoms with E-state index in [-0.39, 0.29) is 17.7 Å². The van der Waals surface area contributed by atoms with Gasteiger partial charge in [0.2, 0.25) is 11.8 Å². The highest BCUT2D eigenvalue weighted by atomic mass is 16.2. The maximum Gasteiger partial charge on any atom is 0.227 e. The molecular weight excluding hydrogens is 504 g/mol. The average Bonchev–Trinajstić information content (AvgIpc) is 2.96. The molecule has 2 N–H and O–H groups in total. The Morgan fingerprint density at radius 2 is 1.12 bits per heavy atom. The molecule has 0 saturated heterocycles. The lowest BCUT2D eigenvalue weighted by Crippen LogP contribution is -2.36. The van der Waals surface area contributed by atoms with E-state index in [9.17, 15) is 9.59 Å². The summed E-state index contributed by atoms with van der Waals surface area (Å²) in [6, 6.07) is 8.30. The molecule has 0 aliphatic carbocycles. The van der Waals surface area contributed by atoms with Crippen LogP contribution < -0.4 is 10.6 Å². The molecule has 1 rings (SSSR count). The molecule has 0 aromatic heterocycles. The summed E-state index contributed by atoms with van der Waals surface area (Å²) in [6.45, 7) is 9.34. The van der Waals surface area contributed by atoms with E-state index >= 15 is 0 Å². The van der Waals surface area contributed by atoms with E-state index in [0.717, 1.165) is 50.5 Å². The zero-order valence-electron chi connectivity index (χ0n) is 26.0. The second kappa shape index (κ2) is 24.4. The zero-order valence-corrected chi connectivity index (χ0v) is 26.0. The molecule has 4 nitrogen and oxygen atoms in total. The summed E-state index contributed by atoms with van der Waals surface area (Å²) >= 11 is 0. The Balaban J connectivity index is 2.05. The van der Waals surface area contributed by atoms with Crippen LogP contribution in [0.3, 0.4) is 0 Å². The van der Waals surface area contributed by atoms with Gasteiger partial charge in [-0.25, -0.2) is 0 Å². The van der Waals surface area contributed by atoms with E-state index < -0.39 is 0 Å². The van der Waals surface area contributed by atoms with Crippen molar-refractivity contribution in [1.82, 2.24) is 10.6 Å². The van der Waals surface area contributed by atoms with E-state index in [1.165, 1.54) is 5.56 Å². The number of amides is 2. The summed E-state index contributed by atoms with van der Waals surface area (Å²) in [5, 5.41) is 5.81. The second-order valence-corrected chi connectivity index (χ2v) is 10.7. The first-order valence-corrected chi connectivity index (χ1v) is 15.5. The third-order valence-corrected chi connectivity index (χ3v) is 6.40. The molecule has 0 radical (unpaired) electrons. The molecule has 1 aromatic carbocycles. The molecule has 0 bridgehead atoms. The van der Waals surface area contributed by atoms with Crippen LogP contribution in [0.25, 0.3) is 0 Å². The van der Waals surface area contributed by atoms with Gasteiger partial charge in [-0.2, -0.15) is 0 Å². The highest BCUT2D eigenvalue weighted by Crippen LogP contribution is 2.17. The summed E-state index contributed by atoms with van der Waals surface area (Å²) in [5.41, 5.74) is 2.30. The number of allylic oxidation sites excluding steroid dienone is 12. The molecule has 0 aliphatic heterocycles. The predicted molar refractivity (Wildman–Crippen MR) is 177 cm³/mol. The quantitative estimate of drug-likeness (QED) is 0.117. The molecule has 1 unspecified atom stereocenters. The summed E-state index contributed by atoms with van der Waals surface area (Å²) in [4.78, 5) is 24.5. The van der Waals surface area contributed by atoms with Gasteiger partial charge in [-0.05, 0) is 75.3 Å². The Morgan fingerprint density at radius 1 is 0.659 bits per heavy atom. The first-order valence-electron chi connectivity index (χ1n) is 15.5. The Hall–Kier alpha value is -3.40. The lowest BCUT2D eigenvalue weighted by molar-refractivity contribution is -0.123. The van der Waals surface area contributed by atoms with Crippen molar-refractivity contribution in [2.24, 2.45) is 5.92 Å². The smallest absolute Gasteiger partial charge is 0.227 e. The van der Waals surface area contributed by atoms with Gasteiger partial charge >= 0.3 is 0 Å². The molecule has 4 heteroatoms. The van der Waals surface area contributed by atoms with Gasteiger partial charge in [0, 0.05) is 19.5 Å². The number of rotatable bonds is 21. The van der Waals surface area contributed by atoms with Crippen LogP contribution in [0, 0.1) is 5.92 Å². The van der Waals surface area contributed by atoms with Gasteiger partial charge in [-0.3, -0.25) is 9.59 Å². The third kappa shape index (κ3) is 20.2. The van der Waals surface area contributed by atoms with Crippen molar-refractivity contribution in [2.75, 3.05) is 13.1 Å². The molecule has 1 atom stereocenters. The average molecular weight is 559 g/mol. The largest absolute Gasteiger partial charge is 0.354 e. The summed E-state index contributed by atoms with van der Waals surface area (Å²) < 4.78 is 0. The van der Waals surface area contributed by atoms with Crippen LogP contribution in [-0.4, -0.2) is 24.9 Å². The Kier molecular flexibility index (Phi) is 21.2. The van der Waals surface area contributed by atoms with Crippen LogP contribution in [-0.2, 0) is 16.0 Å². The highest BCUT2D eigenvalue weighted by Gasteiger charge is 2.14. The number of carbonyl (C=O) groups excluding carboxylic acids is 2. The normalized spacial score (nSPS) is 13.2. The molecular formula is C37H54N2O2. The van der Waals surface area contributed by atoms with E-state index in [2.05, 4.69) is 116 Å². The maximum atomic E-state index is 12.5. The topological polar surface area (TPSA) is 58.2 Å². The fourth-order valence-corrected chi connectivity index (χ4v) is 4.05. The van der Waals surface area contributed by atoms with Crippen LogP contribution in [0.15, 0.2) is 97.2 Å². The molecule has 224 valence electrons.